The number of piperidine rings is 1. The van der Waals surface area contributed by atoms with Crippen molar-refractivity contribution >= 4 is 18.3 Å². The molecule has 0 spiro atoms. The number of nitrogens with zero attached hydrogens (tertiary/aromatic N) is 1. The predicted octanol–water partition coefficient (Wildman–Crippen LogP) is 2.96. The maximum absolute atomic E-state index is 12.3. The van der Waals surface area contributed by atoms with Gasteiger partial charge in [0, 0.05) is 25.6 Å². The van der Waals surface area contributed by atoms with Crippen molar-refractivity contribution in [1.29, 1.82) is 0 Å². The fourth-order valence-corrected chi connectivity index (χ4v) is 3.32. The second-order valence-electron chi connectivity index (χ2n) is 6.60. The zero-order valence-corrected chi connectivity index (χ0v) is 13.2. The molecule has 1 saturated heterocycles. The largest absolute Gasteiger partial charge is 0.343 e. The molecule has 3 nitrogen and oxygen atoms in total. The van der Waals surface area contributed by atoms with Crippen molar-refractivity contribution in [2.24, 2.45) is 17.1 Å². The Bertz CT molecular complexity index is 301. The molecule has 1 aliphatic carbocycles. The van der Waals surface area contributed by atoms with Gasteiger partial charge in [-0.05, 0) is 37.0 Å². The molecule has 0 aromatic heterocycles. The molecule has 2 atom stereocenters. The summed E-state index contributed by atoms with van der Waals surface area (Å²) >= 11 is 0. The predicted molar refractivity (Wildman–Crippen MR) is 81.4 cm³/mol. The molecule has 1 aliphatic heterocycles. The summed E-state index contributed by atoms with van der Waals surface area (Å²) in [7, 11) is 0. The van der Waals surface area contributed by atoms with Crippen LogP contribution in [0, 0.1) is 11.3 Å². The molecule has 2 N–H and O–H groups in total. The van der Waals surface area contributed by atoms with Gasteiger partial charge < -0.3 is 10.6 Å². The number of carbonyl (C=O) groups is 1. The van der Waals surface area contributed by atoms with Gasteiger partial charge in [0.15, 0.2) is 0 Å². The first-order valence-corrected chi connectivity index (χ1v) is 7.57. The van der Waals surface area contributed by atoms with Crippen LogP contribution in [0.5, 0.6) is 0 Å². The van der Waals surface area contributed by atoms with Gasteiger partial charge in [-0.25, -0.2) is 0 Å². The van der Waals surface area contributed by atoms with E-state index in [0.29, 0.717) is 23.7 Å². The van der Waals surface area contributed by atoms with E-state index in [1.807, 2.05) is 0 Å². The number of rotatable bonds is 3. The number of nitrogens with two attached hydrogens (primary N) is 1. The Morgan fingerprint density at radius 1 is 1.32 bits per heavy atom. The van der Waals surface area contributed by atoms with E-state index >= 15 is 0 Å². The lowest BCUT2D eigenvalue weighted by atomic mass is 9.78. The van der Waals surface area contributed by atoms with Crippen molar-refractivity contribution in [3.05, 3.63) is 0 Å². The number of hydrogen-bond acceptors (Lipinski definition) is 2. The van der Waals surface area contributed by atoms with E-state index in [0.717, 1.165) is 38.8 Å². The average Bonchev–Trinajstić information content (AvgIpc) is 2.76. The Morgan fingerprint density at radius 3 is 2.42 bits per heavy atom. The SMILES string of the molecule is CCC1(C)CCN(C(=O)C[C@@H]2CCC[C@H]2N)CC1.Cl. The molecule has 2 fully saturated rings. The lowest BCUT2D eigenvalue weighted by Crippen LogP contribution is -2.43. The van der Waals surface area contributed by atoms with Gasteiger partial charge in [-0.1, -0.05) is 26.7 Å². The number of hydrogen-bond donors (Lipinski definition) is 1. The second kappa shape index (κ2) is 6.94. The van der Waals surface area contributed by atoms with Crippen LogP contribution in [0.1, 0.15) is 58.8 Å². The number of carbonyl (C=O) groups excluding carboxylic acids is 1. The van der Waals surface area contributed by atoms with Crippen LogP contribution in [-0.2, 0) is 4.79 Å². The lowest BCUT2D eigenvalue weighted by molar-refractivity contribution is -0.134. The molecule has 0 aromatic carbocycles. The van der Waals surface area contributed by atoms with Gasteiger partial charge in [-0.2, -0.15) is 0 Å². The smallest absolute Gasteiger partial charge is 0.222 e. The van der Waals surface area contributed by atoms with Gasteiger partial charge in [0.25, 0.3) is 0 Å². The van der Waals surface area contributed by atoms with Crippen LogP contribution in [0.2, 0.25) is 0 Å². The van der Waals surface area contributed by atoms with Crippen LogP contribution in [0.25, 0.3) is 0 Å². The molecular weight excluding hydrogens is 260 g/mol. The summed E-state index contributed by atoms with van der Waals surface area (Å²) in [6, 6.07) is 0.264. The Balaban J connectivity index is 0.00000180. The minimum Gasteiger partial charge on any atom is -0.343 e. The molecule has 0 aromatic rings. The fourth-order valence-electron chi connectivity index (χ4n) is 3.32. The molecule has 2 aliphatic rings. The highest BCUT2D eigenvalue weighted by Gasteiger charge is 2.32. The molecule has 0 bridgehead atoms. The third kappa shape index (κ3) is 4.09. The lowest BCUT2D eigenvalue weighted by Gasteiger charge is -2.39. The third-order valence-electron chi connectivity index (χ3n) is 5.33. The van der Waals surface area contributed by atoms with Gasteiger partial charge in [0.1, 0.15) is 0 Å². The summed E-state index contributed by atoms with van der Waals surface area (Å²) in [5, 5.41) is 0. The molecule has 19 heavy (non-hydrogen) atoms. The highest BCUT2D eigenvalue weighted by molar-refractivity contribution is 5.85. The summed E-state index contributed by atoms with van der Waals surface area (Å²) in [4.78, 5) is 14.3. The van der Waals surface area contributed by atoms with Gasteiger partial charge in [-0.15, -0.1) is 12.4 Å². The van der Waals surface area contributed by atoms with Crippen LogP contribution >= 0.6 is 12.4 Å². The molecule has 1 heterocycles. The van der Waals surface area contributed by atoms with Gasteiger partial charge in [-0.3, -0.25) is 4.79 Å². The summed E-state index contributed by atoms with van der Waals surface area (Å²) in [6.45, 7) is 6.51. The Labute approximate surface area is 123 Å². The summed E-state index contributed by atoms with van der Waals surface area (Å²) in [5.74, 6) is 0.785. The van der Waals surface area contributed by atoms with Gasteiger partial charge in [0.2, 0.25) is 5.91 Å². The van der Waals surface area contributed by atoms with Crippen LogP contribution < -0.4 is 5.73 Å². The second-order valence-corrected chi connectivity index (χ2v) is 6.60. The summed E-state index contributed by atoms with van der Waals surface area (Å²) < 4.78 is 0. The van der Waals surface area contributed by atoms with Gasteiger partial charge >= 0.3 is 0 Å². The Morgan fingerprint density at radius 2 is 1.95 bits per heavy atom. The average molecular weight is 289 g/mol. The third-order valence-corrected chi connectivity index (χ3v) is 5.33. The zero-order chi connectivity index (χ0) is 13.2. The van der Waals surface area contributed by atoms with Crippen molar-refractivity contribution < 1.29 is 4.79 Å². The first kappa shape index (κ1) is 16.8. The maximum Gasteiger partial charge on any atom is 0.222 e. The van der Waals surface area contributed by atoms with Crippen molar-refractivity contribution in [1.82, 2.24) is 4.90 Å². The van der Waals surface area contributed by atoms with E-state index in [1.165, 1.54) is 12.8 Å². The van der Waals surface area contributed by atoms with E-state index in [4.69, 9.17) is 5.73 Å². The number of halogens is 1. The standard InChI is InChI=1S/C15H28N2O.ClH/c1-3-15(2)7-9-17(10-8-15)14(18)11-12-5-4-6-13(12)16;/h12-13H,3-11,16H2,1-2H3;1H/t12-,13+;/m0./s1. The van der Waals surface area contributed by atoms with E-state index in [-0.39, 0.29) is 18.4 Å². The molecule has 1 amide bonds. The van der Waals surface area contributed by atoms with Crippen molar-refractivity contribution in [3.63, 3.8) is 0 Å². The molecule has 1 saturated carbocycles. The Kier molecular flexibility index (Phi) is 6.13. The van der Waals surface area contributed by atoms with Crippen LogP contribution in [0.3, 0.4) is 0 Å². The van der Waals surface area contributed by atoms with Crippen LogP contribution in [-0.4, -0.2) is 29.9 Å². The molecule has 0 unspecified atom stereocenters. The van der Waals surface area contributed by atoms with E-state index in [1.54, 1.807) is 0 Å². The molecule has 2 rings (SSSR count). The molecule has 0 radical (unpaired) electrons. The maximum atomic E-state index is 12.3. The fraction of sp³-hybridized carbons (Fsp3) is 0.933. The number of amides is 1. The van der Waals surface area contributed by atoms with Crippen LogP contribution in [0.4, 0.5) is 0 Å². The quantitative estimate of drug-likeness (QED) is 0.868. The van der Waals surface area contributed by atoms with Gasteiger partial charge in [0.05, 0.1) is 0 Å². The highest BCUT2D eigenvalue weighted by atomic mass is 35.5. The molecule has 112 valence electrons. The normalized spacial score (nSPS) is 29.9. The van der Waals surface area contributed by atoms with Crippen LogP contribution in [0.15, 0.2) is 0 Å². The van der Waals surface area contributed by atoms with Crippen molar-refractivity contribution in [2.45, 2.75) is 64.8 Å². The molecule has 4 heteroatoms. The summed E-state index contributed by atoms with van der Waals surface area (Å²) in [5.41, 5.74) is 6.51. The summed E-state index contributed by atoms with van der Waals surface area (Å²) in [6.07, 6.45) is 7.68. The molecular formula is C15H29ClN2O. The van der Waals surface area contributed by atoms with E-state index < -0.39 is 0 Å². The minimum absolute atomic E-state index is 0. The first-order valence-electron chi connectivity index (χ1n) is 7.57. The van der Waals surface area contributed by atoms with E-state index in [2.05, 4.69) is 18.7 Å². The monoisotopic (exact) mass is 288 g/mol. The number of likely N-dealkylation sites (tertiary alicyclic amines) is 1. The first-order chi connectivity index (χ1) is 8.54. The minimum atomic E-state index is 0. The van der Waals surface area contributed by atoms with E-state index in [9.17, 15) is 4.79 Å². The van der Waals surface area contributed by atoms with Crippen molar-refractivity contribution in [3.8, 4) is 0 Å². The Hall–Kier alpha value is -0.280. The van der Waals surface area contributed by atoms with Crippen molar-refractivity contribution in [2.75, 3.05) is 13.1 Å². The highest BCUT2D eigenvalue weighted by Crippen LogP contribution is 2.35. The topological polar surface area (TPSA) is 46.3 Å². The zero-order valence-electron chi connectivity index (χ0n) is 12.4.